The Labute approximate surface area is 311 Å². The highest BCUT2D eigenvalue weighted by Crippen LogP contribution is 2.40. The summed E-state index contributed by atoms with van der Waals surface area (Å²) in [7, 11) is 0. The molecular formula is C49H31N5. The fourth-order valence-electron chi connectivity index (χ4n) is 8.08. The molecule has 5 heteroatoms. The quantitative estimate of drug-likeness (QED) is 0.181. The van der Waals surface area contributed by atoms with E-state index in [2.05, 4.69) is 137 Å². The Morgan fingerprint density at radius 3 is 1.48 bits per heavy atom. The number of fused-ring (bicyclic) bond motifs is 7. The second-order valence-corrected chi connectivity index (χ2v) is 13.7. The first-order valence-corrected chi connectivity index (χ1v) is 18.2. The van der Waals surface area contributed by atoms with Crippen LogP contribution >= 0.6 is 0 Å². The lowest BCUT2D eigenvalue weighted by Crippen LogP contribution is -2.03. The predicted molar refractivity (Wildman–Crippen MR) is 222 cm³/mol. The summed E-state index contributed by atoms with van der Waals surface area (Å²) < 4.78 is 4.79. The third-order valence-electron chi connectivity index (χ3n) is 10.5. The van der Waals surface area contributed by atoms with Crippen molar-refractivity contribution in [2.45, 2.75) is 0 Å². The first kappa shape index (κ1) is 30.3. The van der Waals surface area contributed by atoms with Crippen molar-refractivity contribution in [1.82, 2.24) is 24.1 Å². The van der Waals surface area contributed by atoms with Crippen LogP contribution in [-0.4, -0.2) is 24.1 Å². The van der Waals surface area contributed by atoms with Crippen molar-refractivity contribution in [2.75, 3.05) is 0 Å². The summed E-state index contributed by atoms with van der Waals surface area (Å²) >= 11 is 0. The van der Waals surface area contributed by atoms with Gasteiger partial charge in [-0.2, -0.15) is 0 Å². The predicted octanol–water partition coefficient (Wildman–Crippen LogP) is 12.2. The molecule has 0 aliphatic heterocycles. The summed E-state index contributed by atoms with van der Waals surface area (Å²) in [6, 6.07) is 66.3. The normalized spacial score (nSPS) is 11.7. The molecule has 3 aromatic heterocycles. The Balaban J connectivity index is 1.22. The van der Waals surface area contributed by atoms with Gasteiger partial charge in [0.2, 0.25) is 0 Å². The lowest BCUT2D eigenvalue weighted by molar-refractivity contribution is 1.06. The van der Waals surface area contributed by atoms with Crippen molar-refractivity contribution in [1.29, 1.82) is 0 Å². The summed E-state index contributed by atoms with van der Waals surface area (Å²) in [4.78, 5) is 15.3. The standard InChI is InChI=1S/C49H31N5/c1-3-15-32(16-4-1)47-50-48(33-17-5-2-6-18-33)52-49(51-47)40-23-11-14-26-44(40)54-45-30-35-20-8-7-19-34(35)29-41(45)39-28-27-36(31-46(39)54)53-42-24-12-9-21-37(42)38-22-10-13-25-43(38)53/h1-31H. The van der Waals surface area contributed by atoms with Crippen LogP contribution in [0.4, 0.5) is 0 Å². The maximum absolute atomic E-state index is 5.17. The average molecular weight is 690 g/mol. The molecule has 252 valence electrons. The minimum atomic E-state index is 0.618. The van der Waals surface area contributed by atoms with Gasteiger partial charge in [-0.3, -0.25) is 0 Å². The van der Waals surface area contributed by atoms with Crippen LogP contribution in [-0.2, 0) is 0 Å². The summed E-state index contributed by atoms with van der Waals surface area (Å²) in [5.74, 6) is 1.89. The number of rotatable bonds is 5. The molecule has 8 aromatic carbocycles. The van der Waals surface area contributed by atoms with Gasteiger partial charge in [-0.05, 0) is 59.3 Å². The Morgan fingerprint density at radius 2 is 0.815 bits per heavy atom. The molecule has 0 aliphatic carbocycles. The number of nitrogens with zero attached hydrogens (tertiary/aromatic N) is 5. The van der Waals surface area contributed by atoms with Crippen molar-refractivity contribution in [3.8, 4) is 45.5 Å². The molecular weight excluding hydrogens is 659 g/mol. The second kappa shape index (κ2) is 12.1. The van der Waals surface area contributed by atoms with Gasteiger partial charge in [0.25, 0.3) is 0 Å². The van der Waals surface area contributed by atoms with Crippen LogP contribution in [0.3, 0.4) is 0 Å². The molecule has 0 N–H and O–H groups in total. The first-order chi connectivity index (χ1) is 26.8. The molecule has 0 amide bonds. The van der Waals surface area contributed by atoms with Crippen LogP contribution in [0.15, 0.2) is 188 Å². The summed E-state index contributed by atoms with van der Waals surface area (Å²) in [6.07, 6.45) is 0. The van der Waals surface area contributed by atoms with Gasteiger partial charge >= 0.3 is 0 Å². The van der Waals surface area contributed by atoms with E-state index in [9.17, 15) is 0 Å². The Hall–Kier alpha value is -7.37. The van der Waals surface area contributed by atoms with Crippen LogP contribution in [0.5, 0.6) is 0 Å². The topological polar surface area (TPSA) is 48.5 Å². The molecule has 0 radical (unpaired) electrons. The Morgan fingerprint density at radius 1 is 0.315 bits per heavy atom. The first-order valence-electron chi connectivity index (χ1n) is 18.2. The lowest BCUT2D eigenvalue weighted by Gasteiger charge is -2.15. The second-order valence-electron chi connectivity index (χ2n) is 13.7. The van der Waals surface area contributed by atoms with Crippen LogP contribution in [0, 0.1) is 0 Å². The van der Waals surface area contributed by atoms with E-state index in [0.717, 1.165) is 39.1 Å². The molecule has 0 bridgehead atoms. The van der Waals surface area contributed by atoms with E-state index in [4.69, 9.17) is 15.0 Å². The average Bonchev–Trinajstić information content (AvgIpc) is 3.75. The molecule has 0 aliphatic rings. The van der Waals surface area contributed by atoms with Gasteiger partial charge in [0.05, 0.1) is 27.8 Å². The minimum Gasteiger partial charge on any atom is -0.309 e. The Kier molecular flexibility index (Phi) is 6.79. The van der Waals surface area contributed by atoms with E-state index in [1.807, 2.05) is 60.7 Å². The molecule has 0 saturated carbocycles. The van der Waals surface area contributed by atoms with Crippen molar-refractivity contribution in [2.24, 2.45) is 0 Å². The minimum absolute atomic E-state index is 0.618. The zero-order valence-electron chi connectivity index (χ0n) is 29.1. The highest BCUT2D eigenvalue weighted by atomic mass is 15.1. The number of aromatic nitrogens is 5. The van der Waals surface area contributed by atoms with Gasteiger partial charge in [-0.15, -0.1) is 0 Å². The molecule has 3 heterocycles. The number of benzene rings is 8. The van der Waals surface area contributed by atoms with E-state index >= 15 is 0 Å². The number of hydrogen-bond acceptors (Lipinski definition) is 3. The Bertz CT molecular complexity index is 3100. The van der Waals surface area contributed by atoms with E-state index in [1.165, 1.54) is 43.4 Å². The van der Waals surface area contributed by atoms with Gasteiger partial charge in [0.15, 0.2) is 17.5 Å². The maximum atomic E-state index is 5.17. The molecule has 5 nitrogen and oxygen atoms in total. The summed E-state index contributed by atoms with van der Waals surface area (Å²) in [5.41, 5.74) is 9.48. The lowest BCUT2D eigenvalue weighted by atomic mass is 10.1. The third kappa shape index (κ3) is 4.76. The monoisotopic (exact) mass is 689 g/mol. The molecule has 0 saturated heterocycles. The van der Waals surface area contributed by atoms with E-state index in [1.54, 1.807) is 0 Å². The third-order valence-corrected chi connectivity index (χ3v) is 10.5. The number of hydrogen-bond donors (Lipinski definition) is 0. The fraction of sp³-hybridized carbons (Fsp3) is 0. The van der Waals surface area contributed by atoms with E-state index in [0.29, 0.717) is 17.5 Å². The van der Waals surface area contributed by atoms with Gasteiger partial charge < -0.3 is 9.13 Å². The molecule has 0 unspecified atom stereocenters. The number of para-hydroxylation sites is 3. The summed E-state index contributed by atoms with van der Waals surface area (Å²) in [6.45, 7) is 0. The van der Waals surface area contributed by atoms with Crippen molar-refractivity contribution < 1.29 is 0 Å². The highest BCUT2D eigenvalue weighted by molar-refractivity contribution is 6.15. The SMILES string of the molecule is c1ccc(-c2nc(-c3ccccc3)nc(-c3ccccc3-n3c4cc(-n5c6ccccc6c6ccccc65)ccc4c4cc5ccccc5cc43)n2)cc1. The smallest absolute Gasteiger partial charge is 0.166 e. The van der Waals surface area contributed by atoms with Crippen LogP contribution < -0.4 is 0 Å². The van der Waals surface area contributed by atoms with Crippen molar-refractivity contribution >= 4 is 54.4 Å². The van der Waals surface area contributed by atoms with Gasteiger partial charge in [0, 0.05) is 43.9 Å². The molecule has 0 spiro atoms. The van der Waals surface area contributed by atoms with Gasteiger partial charge in [-0.25, -0.2) is 15.0 Å². The van der Waals surface area contributed by atoms with E-state index in [-0.39, 0.29) is 0 Å². The zero-order valence-corrected chi connectivity index (χ0v) is 29.1. The van der Waals surface area contributed by atoms with E-state index < -0.39 is 0 Å². The molecule has 54 heavy (non-hydrogen) atoms. The van der Waals surface area contributed by atoms with Gasteiger partial charge in [0.1, 0.15) is 0 Å². The highest BCUT2D eigenvalue weighted by Gasteiger charge is 2.21. The molecule has 0 fully saturated rings. The molecule has 11 rings (SSSR count). The van der Waals surface area contributed by atoms with Crippen molar-refractivity contribution in [3.05, 3.63) is 188 Å². The van der Waals surface area contributed by atoms with Crippen LogP contribution in [0.2, 0.25) is 0 Å². The summed E-state index contributed by atoms with van der Waals surface area (Å²) in [5, 5.41) is 7.25. The molecule has 11 aromatic rings. The van der Waals surface area contributed by atoms with Crippen molar-refractivity contribution in [3.63, 3.8) is 0 Å². The van der Waals surface area contributed by atoms with Crippen LogP contribution in [0.25, 0.3) is 99.9 Å². The zero-order chi connectivity index (χ0) is 35.6. The molecule has 0 atom stereocenters. The largest absolute Gasteiger partial charge is 0.309 e. The van der Waals surface area contributed by atoms with Crippen LogP contribution in [0.1, 0.15) is 0 Å². The maximum Gasteiger partial charge on any atom is 0.166 e. The fourth-order valence-corrected chi connectivity index (χ4v) is 8.08. The van der Waals surface area contributed by atoms with Gasteiger partial charge in [-0.1, -0.05) is 140 Å².